The maximum Gasteiger partial charge on any atom is -1.00 e. The molecule has 1 heterocycles. The first-order valence-corrected chi connectivity index (χ1v) is 18.1. The fourth-order valence-electron chi connectivity index (χ4n) is 6.91. The first kappa shape index (κ1) is 28.2. The third kappa shape index (κ3) is 3.86. The molecule has 0 saturated carbocycles. The molecule has 0 fully saturated rings. The van der Waals surface area contributed by atoms with Crippen LogP contribution in [-0.2, 0) is 34.1 Å². The van der Waals surface area contributed by atoms with Crippen LogP contribution in [0.25, 0.3) is 10.4 Å². The Labute approximate surface area is 232 Å². The van der Waals surface area contributed by atoms with Crippen molar-refractivity contribution in [3.63, 3.8) is 0 Å². The molecule has 34 heavy (non-hydrogen) atoms. The van der Waals surface area contributed by atoms with E-state index in [1.165, 1.54) is 0 Å². The van der Waals surface area contributed by atoms with Crippen LogP contribution in [0.3, 0.4) is 0 Å². The molecule has 0 saturated heterocycles. The molecular formula is C30H38Cl2SiZr. The van der Waals surface area contributed by atoms with Gasteiger partial charge in [0.05, 0.1) is 0 Å². The summed E-state index contributed by atoms with van der Waals surface area (Å²) in [5.41, 5.74) is 13.7. The number of hydrogen-bond acceptors (Lipinski definition) is 0. The number of rotatable bonds is 0. The van der Waals surface area contributed by atoms with Crippen molar-refractivity contribution in [1.82, 2.24) is 0 Å². The summed E-state index contributed by atoms with van der Waals surface area (Å²) >= 11 is -0.776. The van der Waals surface area contributed by atoms with Crippen molar-refractivity contribution in [1.29, 1.82) is 0 Å². The van der Waals surface area contributed by atoms with Crippen LogP contribution in [0.5, 0.6) is 0 Å². The summed E-state index contributed by atoms with van der Waals surface area (Å²) in [5, 5.41) is 3.57. The van der Waals surface area contributed by atoms with E-state index in [4.69, 9.17) is 0 Å². The van der Waals surface area contributed by atoms with Crippen LogP contribution in [-0.4, -0.2) is 8.07 Å². The van der Waals surface area contributed by atoms with Gasteiger partial charge in [0, 0.05) is 0 Å². The Morgan fingerprint density at radius 2 is 1.00 bits per heavy atom. The molecule has 0 spiro atoms. The van der Waals surface area contributed by atoms with Crippen LogP contribution in [0, 0.1) is 0 Å². The molecule has 180 valence electrons. The Balaban J connectivity index is 0.00000162. The van der Waals surface area contributed by atoms with Gasteiger partial charge in [-0.3, -0.25) is 0 Å². The molecule has 5 rings (SSSR count). The van der Waals surface area contributed by atoms with E-state index < -0.39 is 31.3 Å². The Morgan fingerprint density at radius 1 is 0.647 bits per heavy atom. The van der Waals surface area contributed by atoms with Crippen molar-refractivity contribution in [2.75, 3.05) is 0 Å². The van der Waals surface area contributed by atoms with Crippen LogP contribution >= 0.6 is 0 Å². The van der Waals surface area contributed by atoms with E-state index in [1.54, 1.807) is 54.9 Å². The van der Waals surface area contributed by atoms with Gasteiger partial charge in [-0.05, 0) is 0 Å². The predicted octanol–water partition coefficient (Wildman–Crippen LogP) is 2.53. The Bertz CT molecular complexity index is 1130. The number of halogens is 2. The average molecular weight is 589 g/mol. The van der Waals surface area contributed by atoms with Gasteiger partial charge in [0.15, 0.2) is 0 Å². The second kappa shape index (κ2) is 8.86. The zero-order valence-electron chi connectivity index (χ0n) is 22.4. The summed E-state index contributed by atoms with van der Waals surface area (Å²) in [4.78, 5) is 0. The summed E-state index contributed by atoms with van der Waals surface area (Å²) < 4.78 is 1.45. The van der Waals surface area contributed by atoms with Crippen molar-refractivity contribution < 1.29 is 48.0 Å². The third-order valence-corrected chi connectivity index (χ3v) is 17.3. The molecule has 4 bridgehead atoms. The third-order valence-electron chi connectivity index (χ3n) is 8.17. The van der Waals surface area contributed by atoms with Crippen LogP contribution in [0.1, 0.15) is 96.0 Å². The van der Waals surface area contributed by atoms with Gasteiger partial charge < -0.3 is 24.8 Å². The van der Waals surface area contributed by atoms with E-state index in [0.29, 0.717) is 0 Å². The number of benzene rings is 2. The summed E-state index contributed by atoms with van der Waals surface area (Å²) in [7, 11) is -1.91. The van der Waals surface area contributed by atoms with Crippen LogP contribution in [0.4, 0.5) is 0 Å². The van der Waals surface area contributed by atoms with Crippen LogP contribution in [0.2, 0.25) is 13.1 Å². The Kier molecular flexibility index (Phi) is 7.35. The minimum atomic E-state index is -1.91. The molecule has 2 aromatic rings. The SMILES string of the molecule is CC1=C2c3c(cccc3C(C)(C)C)[CH]1[Zr+2][CH]1C(C)=C(c3c1cccc3C(C)(C)C)[Si]2(C)C.[Cl-].[Cl-]. The molecule has 3 aliphatic rings. The number of hydrogen-bond donors (Lipinski definition) is 0. The van der Waals surface area contributed by atoms with Gasteiger partial charge in [-0.15, -0.1) is 0 Å². The van der Waals surface area contributed by atoms with Gasteiger partial charge in [-0.1, -0.05) is 0 Å². The Hall–Kier alpha value is -0.400. The maximum atomic E-state index is 2.66. The topological polar surface area (TPSA) is 0 Å². The minimum absolute atomic E-state index is 0. The van der Waals surface area contributed by atoms with Gasteiger partial charge in [0.2, 0.25) is 0 Å². The molecule has 2 aromatic carbocycles. The smallest absolute Gasteiger partial charge is 1.00 e. The monoisotopic (exact) mass is 586 g/mol. The molecule has 2 unspecified atom stereocenters. The maximum absolute atomic E-state index is 2.66. The number of fused-ring (bicyclic) bond motifs is 8. The zero-order valence-corrected chi connectivity index (χ0v) is 27.3. The van der Waals surface area contributed by atoms with Crippen molar-refractivity contribution in [2.45, 2.75) is 86.6 Å². The molecule has 0 amide bonds. The molecule has 2 atom stereocenters. The first-order valence-electron chi connectivity index (χ1n) is 12.2. The van der Waals surface area contributed by atoms with Gasteiger partial charge in [0.25, 0.3) is 0 Å². The van der Waals surface area contributed by atoms with E-state index in [0.717, 1.165) is 7.25 Å². The average Bonchev–Trinajstić information content (AvgIpc) is 3.13. The largest absolute Gasteiger partial charge is 1.00 e. The summed E-state index contributed by atoms with van der Waals surface area (Å²) in [5.74, 6) is 0. The second-order valence-electron chi connectivity index (χ2n) is 12.8. The van der Waals surface area contributed by atoms with Crippen molar-refractivity contribution in [3.05, 3.63) is 80.9 Å². The molecule has 1 aliphatic heterocycles. The van der Waals surface area contributed by atoms with E-state index in [2.05, 4.69) is 105 Å². The standard InChI is InChI=1S/C30H38Si.2ClH.Zr/c1-19-17-21-13-11-15-23(29(3,4)5)25(21)27(19)31(9,10)28-20(2)18-22-14-12-16-24(26(22)28)30(6,7)8;;;/h11-18H,1-10H3;2*1H;/q;;;+2/p-2. The van der Waals surface area contributed by atoms with Crippen molar-refractivity contribution >= 4 is 18.5 Å². The molecule has 0 N–H and O–H groups in total. The van der Waals surface area contributed by atoms with E-state index in [-0.39, 0.29) is 35.6 Å². The molecule has 0 radical (unpaired) electrons. The van der Waals surface area contributed by atoms with Crippen LogP contribution < -0.4 is 24.8 Å². The zero-order chi connectivity index (χ0) is 23.4. The fourth-order valence-corrected chi connectivity index (χ4v) is 16.8. The van der Waals surface area contributed by atoms with Gasteiger partial charge in [-0.25, -0.2) is 0 Å². The molecule has 0 nitrogen and oxygen atoms in total. The molecule has 4 heteroatoms. The molecule has 2 aliphatic carbocycles. The first-order chi connectivity index (χ1) is 14.8. The number of allylic oxidation sites excluding steroid dienone is 2. The summed E-state index contributed by atoms with van der Waals surface area (Å²) in [6, 6.07) is 14.5. The summed E-state index contributed by atoms with van der Waals surface area (Å²) in [6.45, 7) is 24.8. The Morgan fingerprint density at radius 3 is 1.32 bits per heavy atom. The minimum Gasteiger partial charge on any atom is -1.00 e. The van der Waals surface area contributed by atoms with Gasteiger partial charge in [0.1, 0.15) is 0 Å². The van der Waals surface area contributed by atoms with E-state index in [9.17, 15) is 0 Å². The summed E-state index contributed by atoms with van der Waals surface area (Å²) in [6.07, 6.45) is 0. The van der Waals surface area contributed by atoms with Crippen molar-refractivity contribution in [3.8, 4) is 0 Å². The molecular weight excluding hydrogens is 551 g/mol. The van der Waals surface area contributed by atoms with E-state index in [1.807, 2.05) is 0 Å². The quantitative estimate of drug-likeness (QED) is 0.415. The van der Waals surface area contributed by atoms with Gasteiger partial charge >= 0.3 is 209 Å². The van der Waals surface area contributed by atoms with Gasteiger partial charge in [-0.2, -0.15) is 0 Å². The normalized spacial score (nSPS) is 21.9. The van der Waals surface area contributed by atoms with Crippen molar-refractivity contribution in [2.24, 2.45) is 0 Å². The fraction of sp³-hybridized carbons (Fsp3) is 0.467. The molecule has 0 aromatic heterocycles. The second-order valence-corrected chi connectivity index (χ2v) is 20.7. The van der Waals surface area contributed by atoms with E-state index >= 15 is 0 Å². The predicted molar refractivity (Wildman–Crippen MR) is 138 cm³/mol. The van der Waals surface area contributed by atoms with Crippen LogP contribution in [0.15, 0.2) is 47.5 Å².